The number of nitrogens with zero attached hydrogens (tertiary/aromatic N) is 2. The molecule has 17 heavy (non-hydrogen) atoms. The van der Waals surface area contributed by atoms with Crippen LogP contribution in [-0.4, -0.2) is 35.0 Å². The minimum absolute atomic E-state index is 0.0955. The van der Waals surface area contributed by atoms with Gasteiger partial charge in [-0.1, -0.05) is 6.92 Å². The lowest BCUT2D eigenvalue weighted by atomic mass is 10.4. The van der Waals surface area contributed by atoms with Crippen molar-refractivity contribution in [1.29, 1.82) is 0 Å². The Morgan fingerprint density at radius 2 is 2.18 bits per heavy atom. The molecule has 0 aromatic carbocycles. The Balaban J connectivity index is 2.60. The third-order valence-corrected chi connectivity index (χ3v) is 2.35. The van der Waals surface area contributed by atoms with Crippen LogP contribution in [0.1, 0.15) is 17.4 Å². The topological polar surface area (TPSA) is 89.2 Å². The highest BCUT2D eigenvalue weighted by atomic mass is 16.6. The minimum Gasteiger partial charge on any atom is -0.358 e. The molecule has 1 aromatic heterocycles. The van der Waals surface area contributed by atoms with Crippen molar-refractivity contribution in [3.8, 4) is 0 Å². The molecule has 0 bridgehead atoms. The van der Waals surface area contributed by atoms with Gasteiger partial charge in [-0.2, -0.15) is 0 Å². The van der Waals surface area contributed by atoms with Crippen LogP contribution in [0.2, 0.25) is 0 Å². The van der Waals surface area contributed by atoms with Crippen LogP contribution in [0.25, 0.3) is 0 Å². The summed E-state index contributed by atoms with van der Waals surface area (Å²) in [6.45, 7) is 3.98. The maximum Gasteiger partial charge on any atom is 0.323 e. The predicted octanol–water partition coefficient (Wildman–Crippen LogP) is 0.273. The Morgan fingerprint density at radius 3 is 2.71 bits per heavy atom. The van der Waals surface area contributed by atoms with E-state index in [1.807, 2.05) is 6.92 Å². The lowest BCUT2D eigenvalue weighted by Gasteiger charge is -2.04. The van der Waals surface area contributed by atoms with Gasteiger partial charge in [0.2, 0.25) is 0 Å². The predicted molar refractivity (Wildman–Crippen MR) is 62.9 cm³/mol. The lowest BCUT2D eigenvalue weighted by Crippen LogP contribution is -2.32. The minimum atomic E-state index is -0.518. The summed E-state index contributed by atoms with van der Waals surface area (Å²) in [4.78, 5) is 21.8. The average molecular weight is 240 g/mol. The number of nitro groups is 1. The van der Waals surface area contributed by atoms with Crippen molar-refractivity contribution in [2.45, 2.75) is 6.92 Å². The summed E-state index contributed by atoms with van der Waals surface area (Å²) in [6, 6.07) is 2.76. The van der Waals surface area contributed by atoms with Gasteiger partial charge in [0.05, 0.1) is 7.05 Å². The molecular weight excluding hydrogens is 224 g/mol. The zero-order chi connectivity index (χ0) is 12.8. The molecule has 1 rings (SSSR count). The van der Waals surface area contributed by atoms with Crippen molar-refractivity contribution in [3.05, 3.63) is 27.9 Å². The highest BCUT2D eigenvalue weighted by Gasteiger charge is 2.19. The second kappa shape index (κ2) is 6.00. The summed E-state index contributed by atoms with van der Waals surface area (Å²) in [7, 11) is 1.50. The van der Waals surface area contributed by atoms with E-state index in [0.29, 0.717) is 13.1 Å². The van der Waals surface area contributed by atoms with Crippen LogP contribution in [0.5, 0.6) is 0 Å². The molecule has 0 unspecified atom stereocenters. The van der Waals surface area contributed by atoms with E-state index < -0.39 is 4.92 Å². The normalized spacial score (nSPS) is 10.2. The maximum atomic E-state index is 11.7. The van der Waals surface area contributed by atoms with Gasteiger partial charge in [-0.25, -0.2) is 4.57 Å². The summed E-state index contributed by atoms with van der Waals surface area (Å²) in [6.07, 6.45) is 0. The van der Waals surface area contributed by atoms with E-state index in [4.69, 9.17) is 0 Å². The Labute approximate surface area is 99.0 Å². The molecule has 0 radical (unpaired) electrons. The monoisotopic (exact) mass is 240 g/mol. The third kappa shape index (κ3) is 3.28. The smallest absolute Gasteiger partial charge is 0.323 e. The molecule has 94 valence electrons. The van der Waals surface area contributed by atoms with Gasteiger partial charge in [0.25, 0.3) is 5.91 Å². The molecule has 1 amide bonds. The number of rotatable bonds is 6. The van der Waals surface area contributed by atoms with Gasteiger partial charge < -0.3 is 20.7 Å². The molecule has 0 atom stereocenters. The van der Waals surface area contributed by atoms with Crippen LogP contribution in [0, 0.1) is 10.1 Å². The van der Waals surface area contributed by atoms with Gasteiger partial charge in [-0.3, -0.25) is 4.79 Å². The number of amides is 1. The van der Waals surface area contributed by atoms with Crippen molar-refractivity contribution in [2.24, 2.45) is 7.05 Å². The van der Waals surface area contributed by atoms with Crippen LogP contribution in [0.4, 0.5) is 5.82 Å². The first kappa shape index (κ1) is 13.2. The van der Waals surface area contributed by atoms with E-state index in [1.54, 1.807) is 0 Å². The molecular formula is C10H16N4O3. The fourth-order valence-electron chi connectivity index (χ4n) is 1.44. The number of carbonyl (C=O) groups excluding carboxylic acids is 1. The largest absolute Gasteiger partial charge is 0.358 e. The molecule has 0 saturated carbocycles. The van der Waals surface area contributed by atoms with E-state index in [1.165, 1.54) is 23.7 Å². The molecule has 7 heteroatoms. The van der Waals surface area contributed by atoms with Gasteiger partial charge in [-0.05, 0) is 17.5 Å². The van der Waals surface area contributed by atoms with Gasteiger partial charge in [0.15, 0.2) is 5.69 Å². The molecule has 0 aliphatic carbocycles. The number of aromatic nitrogens is 1. The zero-order valence-corrected chi connectivity index (χ0v) is 9.90. The van der Waals surface area contributed by atoms with E-state index >= 15 is 0 Å². The number of carbonyl (C=O) groups is 1. The van der Waals surface area contributed by atoms with Crippen LogP contribution in [0.15, 0.2) is 12.1 Å². The fourth-order valence-corrected chi connectivity index (χ4v) is 1.44. The summed E-state index contributed by atoms with van der Waals surface area (Å²) in [5.74, 6) is -0.402. The highest BCUT2D eigenvalue weighted by Crippen LogP contribution is 2.14. The van der Waals surface area contributed by atoms with Gasteiger partial charge in [0, 0.05) is 19.2 Å². The van der Waals surface area contributed by atoms with Crippen LogP contribution < -0.4 is 10.6 Å². The SMILES string of the molecule is CCNCCNC(=O)c1ccc([N+](=O)[O-])n1C. The van der Waals surface area contributed by atoms with Gasteiger partial charge >= 0.3 is 5.82 Å². The molecule has 2 N–H and O–H groups in total. The lowest BCUT2D eigenvalue weighted by molar-refractivity contribution is -0.391. The van der Waals surface area contributed by atoms with Gasteiger partial charge in [0.1, 0.15) is 0 Å². The standard InChI is InChI=1S/C10H16N4O3/c1-3-11-6-7-12-10(15)8-4-5-9(13(8)2)14(16)17/h4-5,11H,3,6-7H2,1-2H3,(H,12,15). The molecule has 1 aromatic rings. The van der Waals surface area contributed by atoms with Crippen molar-refractivity contribution in [1.82, 2.24) is 15.2 Å². The first-order valence-corrected chi connectivity index (χ1v) is 5.37. The summed E-state index contributed by atoms with van der Waals surface area (Å²) >= 11 is 0. The highest BCUT2D eigenvalue weighted by molar-refractivity contribution is 5.93. The number of hydrogen-bond donors (Lipinski definition) is 2. The first-order chi connectivity index (χ1) is 8.07. The second-order valence-electron chi connectivity index (χ2n) is 3.50. The van der Waals surface area contributed by atoms with E-state index in [-0.39, 0.29) is 17.4 Å². The number of nitrogens with one attached hydrogen (secondary N) is 2. The third-order valence-electron chi connectivity index (χ3n) is 2.35. The first-order valence-electron chi connectivity index (χ1n) is 5.37. The Hall–Kier alpha value is -1.89. The molecule has 1 heterocycles. The molecule has 0 saturated heterocycles. The van der Waals surface area contributed by atoms with Crippen molar-refractivity contribution in [3.63, 3.8) is 0 Å². The van der Waals surface area contributed by atoms with Crippen LogP contribution in [0.3, 0.4) is 0 Å². The van der Waals surface area contributed by atoms with E-state index in [2.05, 4.69) is 10.6 Å². The van der Waals surface area contributed by atoms with Crippen molar-refractivity contribution >= 4 is 11.7 Å². The van der Waals surface area contributed by atoms with E-state index in [9.17, 15) is 14.9 Å². The molecule has 0 aliphatic rings. The average Bonchev–Trinajstić information content (AvgIpc) is 2.66. The van der Waals surface area contributed by atoms with Crippen molar-refractivity contribution in [2.75, 3.05) is 19.6 Å². The molecule has 7 nitrogen and oxygen atoms in total. The quantitative estimate of drug-likeness (QED) is 0.424. The summed E-state index contributed by atoms with van der Waals surface area (Å²) in [5.41, 5.74) is 0.285. The Kier molecular flexibility index (Phi) is 4.65. The Bertz CT molecular complexity index is 414. The van der Waals surface area contributed by atoms with E-state index in [0.717, 1.165) is 6.54 Å². The van der Waals surface area contributed by atoms with Gasteiger partial charge in [-0.15, -0.1) is 0 Å². The molecule has 0 aliphatic heterocycles. The molecule has 0 spiro atoms. The fraction of sp³-hybridized carbons (Fsp3) is 0.500. The number of likely N-dealkylation sites (N-methyl/N-ethyl adjacent to an activating group) is 1. The summed E-state index contributed by atoms with van der Waals surface area (Å²) in [5, 5.41) is 16.3. The summed E-state index contributed by atoms with van der Waals surface area (Å²) < 4.78 is 1.27. The second-order valence-corrected chi connectivity index (χ2v) is 3.50. The molecule has 0 fully saturated rings. The van der Waals surface area contributed by atoms with Crippen LogP contribution in [-0.2, 0) is 7.05 Å². The maximum absolute atomic E-state index is 11.7. The number of hydrogen-bond acceptors (Lipinski definition) is 4. The Morgan fingerprint density at radius 1 is 1.47 bits per heavy atom. The van der Waals surface area contributed by atoms with Crippen molar-refractivity contribution < 1.29 is 9.72 Å². The zero-order valence-electron chi connectivity index (χ0n) is 9.90. The van der Waals surface area contributed by atoms with Crippen LogP contribution >= 0.6 is 0 Å².